The lowest BCUT2D eigenvalue weighted by Crippen LogP contribution is -2.25. The summed E-state index contributed by atoms with van der Waals surface area (Å²) >= 11 is 0. The Morgan fingerprint density at radius 2 is 0.511 bits per heavy atom. The molecule has 0 aliphatic heterocycles. The van der Waals surface area contributed by atoms with E-state index in [9.17, 15) is 0 Å². The molecule has 0 saturated carbocycles. The van der Waals surface area contributed by atoms with Crippen molar-refractivity contribution < 1.29 is 28.4 Å². The smallest absolute Gasteiger partial charge is 0.126 e. The van der Waals surface area contributed by atoms with Crippen molar-refractivity contribution >= 4 is 0 Å². The van der Waals surface area contributed by atoms with Crippen molar-refractivity contribution in [2.24, 2.45) is 45.7 Å². The van der Waals surface area contributed by atoms with Crippen molar-refractivity contribution in [3.63, 3.8) is 0 Å². The molecule has 12 nitrogen and oxygen atoms in total. The van der Waals surface area contributed by atoms with Gasteiger partial charge in [0, 0.05) is 77.3 Å². The van der Waals surface area contributed by atoms with Crippen LogP contribution in [0.15, 0.2) is 83.6 Å². The van der Waals surface area contributed by atoms with Crippen LogP contribution in [0.1, 0.15) is 214 Å². The molecule has 0 amide bonds. The summed E-state index contributed by atoms with van der Waals surface area (Å²) in [5.41, 5.74) is 56.1. The minimum atomic E-state index is -0.242. The topological polar surface area (TPSA) is 212 Å². The predicted octanol–water partition coefficient (Wildman–Crippen LogP) is 13.5. The molecule has 0 saturated heterocycles. The van der Waals surface area contributed by atoms with Gasteiger partial charge in [0.15, 0.2) is 0 Å². The second kappa shape index (κ2) is 29.4. The molecule has 2 aliphatic carbocycles. The molecule has 0 fully saturated rings. The molecular formula is C78H116N6O6. The normalized spacial score (nSPS) is 15.5. The molecule has 494 valence electrons. The molecule has 0 radical (unpaired) electrons. The first-order chi connectivity index (χ1) is 42.1. The summed E-state index contributed by atoms with van der Waals surface area (Å²) in [5, 5.41) is 0. The molecule has 2 aliphatic rings. The minimum absolute atomic E-state index is 0.0807. The summed E-state index contributed by atoms with van der Waals surface area (Å²) in [5.74, 6) is 4.95. The van der Waals surface area contributed by atoms with Crippen LogP contribution in [-0.2, 0) is 70.3 Å². The Hall–Kier alpha value is -5.86. The second-order valence-corrected chi connectivity index (χ2v) is 31.5. The van der Waals surface area contributed by atoms with Gasteiger partial charge in [-0.25, -0.2) is 0 Å². The third-order valence-corrected chi connectivity index (χ3v) is 17.6. The largest absolute Gasteiger partial charge is 0.496 e. The van der Waals surface area contributed by atoms with E-state index >= 15 is 0 Å². The molecule has 0 spiro atoms. The monoisotopic (exact) mass is 1230 g/mol. The van der Waals surface area contributed by atoms with Gasteiger partial charge in [0.25, 0.3) is 0 Å². The molecular weight excluding hydrogens is 1120 g/mol. The third kappa shape index (κ3) is 17.8. The summed E-state index contributed by atoms with van der Waals surface area (Å²) in [6.45, 7) is 45.3. The zero-order valence-corrected chi connectivity index (χ0v) is 58.8. The van der Waals surface area contributed by atoms with E-state index < -0.39 is 0 Å². The quantitative estimate of drug-likeness (QED) is 0.0484. The van der Waals surface area contributed by atoms with Crippen LogP contribution in [-0.4, -0.2) is 78.9 Å². The van der Waals surface area contributed by atoms with E-state index in [1.165, 1.54) is 33.4 Å². The lowest BCUT2D eigenvalue weighted by atomic mass is 9.73. The average molecular weight is 1230 g/mol. The molecule has 0 heterocycles. The number of benzene rings is 5. The maximum atomic E-state index is 7.11. The first kappa shape index (κ1) is 71.6. The van der Waals surface area contributed by atoms with Crippen molar-refractivity contribution in [2.75, 3.05) is 78.9 Å². The third-order valence-electron chi connectivity index (χ3n) is 17.6. The Morgan fingerprint density at radius 1 is 0.289 bits per heavy atom. The Bertz CT molecular complexity index is 3350. The highest BCUT2D eigenvalue weighted by Crippen LogP contribution is 2.48. The van der Waals surface area contributed by atoms with E-state index in [4.69, 9.17) is 62.8 Å². The standard InChI is InChI=1S/C78H116N6O6/c1-73(2,3)61-37-49-31-51-39-62(74(4,5)6)41-53(68(51)86-26-20-80)33-55-43-64(76(10,11)12)45-57(70(55)88-28-22-82)35-59-47-66(78(16,17)18)48-60(72(59)90-30-24-84)36-58-46-65(77(13,14)15)44-56(71(58)89-29-23-83)34-54-42-63(75(7,8)9)40-52(69(54)87-27-21-81)32-50(38-61)67(49)85-25-19-79/h37-47,60H,19-36,48,79-84H2,1-18H3. The molecule has 0 aromatic heterocycles. The van der Waals surface area contributed by atoms with Crippen molar-refractivity contribution in [1.29, 1.82) is 0 Å². The molecule has 1 atom stereocenters. The van der Waals surface area contributed by atoms with Crippen LogP contribution < -0.4 is 58.1 Å². The van der Waals surface area contributed by atoms with Gasteiger partial charge in [-0.1, -0.05) is 197 Å². The van der Waals surface area contributed by atoms with Gasteiger partial charge in [-0.05, 0) is 134 Å². The summed E-state index contributed by atoms with van der Waals surface area (Å²) in [7, 11) is 0. The van der Waals surface area contributed by atoms with Gasteiger partial charge >= 0.3 is 0 Å². The van der Waals surface area contributed by atoms with E-state index in [2.05, 4.69) is 191 Å². The van der Waals surface area contributed by atoms with Gasteiger partial charge < -0.3 is 62.8 Å². The van der Waals surface area contributed by atoms with Gasteiger partial charge in [-0.15, -0.1) is 0 Å². The van der Waals surface area contributed by atoms with Gasteiger partial charge in [-0.3, -0.25) is 0 Å². The lowest BCUT2D eigenvalue weighted by molar-refractivity contribution is 0.174. The van der Waals surface area contributed by atoms with Crippen molar-refractivity contribution in [2.45, 2.75) is 197 Å². The molecule has 12 heteroatoms. The first-order valence-electron chi connectivity index (χ1n) is 33.4. The lowest BCUT2D eigenvalue weighted by Gasteiger charge is -2.35. The van der Waals surface area contributed by atoms with Gasteiger partial charge in [0.1, 0.15) is 67.5 Å². The van der Waals surface area contributed by atoms with E-state index in [1.54, 1.807) is 0 Å². The van der Waals surface area contributed by atoms with Crippen molar-refractivity contribution in [3.8, 4) is 28.7 Å². The zero-order valence-electron chi connectivity index (χ0n) is 58.8. The van der Waals surface area contributed by atoms with Crippen LogP contribution in [0.3, 0.4) is 0 Å². The van der Waals surface area contributed by atoms with E-state index in [1.807, 2.05) is 0 Å². The number of fused-ring (bicyclic) bond motifs is 11. The Balaban J connectivity index is 1.72. The van der Waals surface area contributed by atoms with Crippen LogP contribution in [0.5, 0.6) is 28.7 Å². The van der Waals surface area contributed by atoms with Crippen LogP contribution >= 0.6 is 0 Å². The highest BCUT2D eigenvalue weighted by molar-refractivity contribution is 5.60. The maximum absolute atomic E-state index is 7.11. The molecule has 12 N–H and O–H groups in total. The number of allylic oxidation sites excluding steroid dienone is 4. The fraction of sp³-hybridized carbons (Fsp3) is 0.564. The number of ether oxygens (including phenoxy) is 6. The first-order valence-corrected chi connectivity index (χ1v) is 33.4. The highest BCUT2D eigenvalue weighted by Gasteiger charge is 2.35. The molecule has 90 heavy (non-hydrogen) atoms. The van der Waals surface area contributed by atoms with Crippen LogP contribution in [0.25, 0.3) is 0 Å². The van der Waals surface area contributed by atoms with Crippen molar-refractivity contribution in [1.82, 2.24) is 0 Å². The van der Waals surface area contributed by atoms with Crippen LogP contribution in [0, 0.1) is 11.3 Å². The molecule has 7 rings (SSSR count). The summed E-state index contributed by atoms with van der Waals surface area (Å²) in [6, 6.07) is 23.5. The second-order valence-electron chi connectivity index (χ2n) is 31.5. The number of rotatable bonds is 18. The van der Waals surface area contributed by atoms with Gasteiger partial charge in [-0.2, -0.15) is 0 Å². The van der Waals surface area contributed by atoms with E-state index in [0.29, 0.717) is 117 Å². The predicted molar refractivity (Wildman–Crippen MR) is 375 cm³/mol. The molecule has 1 unspecified atom stereocenters. The number of nitrogens with two attached hydrogens (primary N) is 6. The van der Waals surface area contributed by atoms with Crippen LogP contribution in [0.2, 0.25) is 0 Å². The molecule has 5 aromatic rings. The van der Waals surface area contributed by atoms with Gasteiger partial charge in [0.05, 0.1) is 6.61 Å². The Labute approximate surface area is 543 Å². The van der Waals surface area contributed by atoms with Crippen LogP contribution in [0.4, 0.5) is 0 Å². The summed E-state index contributed by atoms with van der Waals surface area (Å²) < 4.78 is 42.4. The van der Waals surface area contributed by atoms with E-state index in [-0.39, 0.29) is 38.4 Å². The molecule has 5 aromatic carbocycles. The SMILES string of the molecule is CC(C)(C)C1=CC2=C(OCCN)C(C1)Cc1cc(C(C)(C)C)cc(c1OCCN)Cc1cc(C(C)(C)C)cc(c1OCCN)Cc1cc(C(C)(C)C)cc(c1OCCN)Cc1cc(C(C)(C)C)cc(c1OCCN)Cc1cc(C(C)(C)C)cc(c1OCCN)C2. The fourth-order valence-electron chi connectivity index (χ4n) is 12.5. The number of hydrogen-bond acceptors (Lipinski definition) is 12. The Kier molecular flexibility index (Phi) is 23.4. The molecule has 12 bridgehead atoms. The average Bonchev–Trinajstić information content (AvgIpc) is 0.793. The summed E-state index contributed by atoms with van der Waals surface area (Å²) in [6.07, 6.45) is 6.40. The van der Waals surface area contributed by atoms with Crippen molar-refractivity contribution in [3.05, 3.63) is 167 Å². The minimum Gasteiger partial charge on any atom is -0.496 e. The Morgan fingerprint density at radius 3 is 0.744 bits per heavy atom. The fourth-order valence-corrected chi connectivity index (χ4v) is 12.5. The van der Waals surface area contributed by atoms with Gasteiger partial charge in [0.2, 0.25) is 0 Å². The summed E-state index contributed by atoms with van der Waals surface area (Å²) in [4.78, 5) is 0. The van der Waals surface area contributed by atoms with E-state index in [0.717, 1.165) is 102 Å². The maximum Gasteiger partial charge on any atom is 0.126 e. The zero-order chi connectivity index (χ0) is 66.3. The highest BCUT2D eigenvalue weighted by atomic mass is 16.5. The number of hydrogen-bond donors (Lipinski definition) is 6.